The zero-order chi connectivity index (χ0) is 20.2. The summed E-state index contributed by atoms with van der Waals surface area (Å²) in [5, 5.41) is 0. The molecule has 1 heterocycles. The van der Waals surface area contributed by atoms with E-state index in [-0.39, 0.29) is 21.5 Å². The summed E-state index contributed by atoms with van der Waals surface area (Å²) in [6, 6.07) is 0. The van der Waals surface area contributed by atoms with Gasteiger partial charge in [0, 0.05) is 26.2 Å². The molecule has 0 fully saturated rings. The minimum Gasteiger partial charge on any atom is -0.203 e. The van der Waals surface area contributed by atoms with E-state index in [1.54, 1.807) is 0 Å². The summed E-state index contributed by atoms with van der Waals surface area (Å²) in [6.45, 7) is -2.40. The Kier molecular flexibility index (Phi) is 7.29. The molecule has 0 aromatic heterocycles. The van der Waals surface area contributed by atoms with Crippen LogP contribution in [0.5, 0.6) is 0 Å². The fourth-order valence-electron chi connectivity index (χ4n) is 1.97. The summed E-state index contributed by atoms with van der Waals surface area (Å²) < 4.78 is 122. The zero-order valence-corrected chi connectivity index (χ0v) is 14.8. The second-order valence-electron chi connectivity index (χ2n) is 5.14. The summed E-state index contributed by atoms with van der Waals surface area (Å²) in [6.07, 6.45) is 3.86. The van der Waals surface area contributed by atoms with Crippen LogP contribution in [0.3, 0.4) is 0 Å². The fourth-order valence-corrected chi connectivity index (χ4v) is 3.81. The van der Waals surface area contributed by atoms with Crippen molar-refractivity contribution in [3.8, 4) is 0 Å². The van der Waals surface area contributed by atoms with Crippen molar-refractivity contribution in [3.05, 3.63) is 24.3 Å². The van der Waals surface area contributed by atoms with Gasteiger partial charge in [-0.1, -0.05) is 24.3 Å². The van der Waals surface area contributed by atoms with Crippen LogP contribution in [-0.4, -0.2) is 62.6 Å². The van der Waals surface area contributed by atoms with Crippen molar-refractivity contribution >= 4 is 20.0 Å². The number of alkyl halides is 6. The molecule has 0 amide bonds. The van der Waals surface area contributed by atoms with E-state index < -0.39 is 57.2 Å². The topological polar surface area (TPSA) is 74.8 Å². The number of rotatable bonds is 2. The van der Waals surface area contributed by atoms with Gasteiger partial charge in [0.1, 0.15) is 0 Å². The lowest BCUT2D eigenvalue weighted by atomic mass is 10.3. The van der Waals surface area contributed by atoms with Crippen molar-refractivity contribution in [1.29, 1.82) is 0 Å². The molecule has 0 radical (unpaired) electrons. The molecule has 0 unspecified atom stereocenters. The Morgan fingerprint density at radius 3 is 1.19 bits per heavy atom. The predicted octanol–water partition coefficient (Wildman–Crippen LogP) is 2.20. The first-order valence-electron chi connectivity index (χ1n) is 7.14. The summed E-state index contributed by atoms with van der Waals surface area (Å²) in [7, 11) is -11.1. The molecule has 0 spiro atoms. The molecular weight excluding hydrogens is 414 g/mol. The quantitative estimate of drug-likeness (QED) is 0.497. The fraction of sp³-hybridized carbons (Fsp3) is 0.667. The first kappa shape index (κ1) is 22.9. The van der Waals surface area contributed by atoms with E-state index in [0.717, 1.165) is 24.3 Å². The van der Waals surface area contributed by atoms with Crippen molar-refractivity contribution < 1.29 is 43.2 Å². The summed E-state index contributed by atoms with van der Waals surface area (Å²) in [4.78, 5) is 0. The third-order valence-corrected chi connectivity index (χ3v) is 6.50. The van der Waals surface area contributed by atoms with Crippen LogP contribution in [0, 0.1) is 0 Å². The lowest BCUT2D eigenvalue weighted by molar-refractivity contribution is -0.0490. The predicted molar refractivity (Wildman–Crippen MR) is 80.6 cm³/mol. The van der Waals surface area contributed by atoms with Crippen molar-refractivity contribution in [1.82, 2.24) is 8.61 Å². The van der Waals surface area contributed by atoms with E-state index >= 15 is 0 Å². The highest BCUT2D eigenvalue weighted by molar-refractivity contribution is 7.90. The van der Waals surface area contributed by atoms with Gasteiger partial charge < -0.3 is 0 Å². The van der Waals surface area contributed by atoms with Gasteiger partial charge in [-0.05, 0) is 12.8 Å². The standard InChI is InChI=1S/C12H16F6N2O4S2/c13-11(14,15)25(21,22)19-7-3-1-4-8-20(10-6-2-5-9-19)26(23,24)12(16,17)18/h1-3,6H,4-5,7-10H2/b3-1+,6-2+. The molecule has 14 heteroatoms. The van der Waals surface area contributed by atoms with Gasteiger partial charge in [0.15, 0.2) is 0 Å². The highest BCUT2D eigenvalue weighted by atomic mass is 32.2. The molecule has 6 nitrogen and oxygen atoms in total. The lowest BCUT2D eigenvalue weighted by Gasteiger charge is -2.23. The van der Waals surface area contributed by atoms with Gasteiger partial charge in [-0.25, -0.2) is 16.8 Å². The number of halogens is 6. The second-order valence-corrected chi connectivity index (χ2v) is 9.00. The number of hydrogen-bond donors (Lipinski definition) is 0. The summed E-state index contributed by atoms with van der Waals surface area (Å²) >= 11 is 0. The van der Waals surface area contributed by atoms with Crippen LogP contribution in [0.1, 0.15) is 12.8 Å². The van der Waals surface area contributed by atoms with Gasteiger partial charge >= 0.3 is 31.1 Å². The number of sulfonamides is 2. The van der Waals surface area contributed by atoms with Crippen molar-refractivity contribution in [2.75, 3.05) is 26.2 Å². The SMILES string of the molecule is O=S(=O)(N1C/C=C/CCN(S(=O)(=O)C(F)(F)F)C/C=C/CC1)C(F)(F)F. The van der Waals surface area contributed by atoms with Crippen LogP contribution in [0.15, 0.2) is 24.3 Å². The molecule has 1 rings (SSSR count). The minimum atomic E-state index is -5.55. The average molecular weight is 430 g/mol. The molecule has 26 heavy (non-hydrogen) atoms. The van der Waals surface area contributed by atoms with Crippen molar-refractivity contribution in [2.45, 2.75) is 23.9 Å². The van der Waals surface area contributed by atoms with Crippen LogP contribution in [-0.2, 0) is 20.0 Å². The third-order valence-electron chi connectivity index (χ3n) is 3.31. The molecule has 152 valence electrons. The highest BCUT2D eigenvalue weighted by Crippen LogP contribution is 2.28. The lowest BCUT2D eigenvalue weighted by Crippen LogP contribution is -2.42. The highest BCUT2D eigenvalue weighted by Gasteiger charge is 2.50. The molecule has 1 aliphatic heterocycles. The molecule has 0 N–H and O–H groups in total. The molecule has 1 aliphatic rings. The zero-order valence-electron chi connectivity index (χ0n) is 13.2. The van der Waals surface area contributed by atoms with E-state index in [0.29, 0.717) is 0 Å². The first-order chi connectivity index (χ1) is 11.7. The molecule has 0 bridgehead atoms. The Balaban J connectivity index is 2.97. The third kappa shape index (κ3) is 5.44. The molecule has 0 aromatic rings. The summed E-state index contributed by atoms with van der Waals surface area (Å²) in [5.74, 6) is 0. The van der Waals surface area contributed by atoms with Crippen LogP contribution < -0.4 is 0 Å². The minimum absolute atomic E-state index is 0.194. The first-order valence-corrected chi connectivity index (χ1v) is 10.0. The van der Waals surface area contributed by atoms with Gasteiger partial charge in [-0.3, -0.25) is 0 Å². The van der Waals surface area contributed by atoms with E-state index in [1.165, 1.54) is 0 Å². The van der Waals surface area contributed by atoms with Crippen molar-refractivity contribution in [3.63, 3.8) is 0 Å². The molecular formula is C12H16F6N2O4S2. The van der Waals surface area contributed by atoms with Gasteiger partial charge in [-0.15, -0.1) is 0 Å². The largest absolute Gasteiger partial charge is 0.511 e. The van der Waals surface area contributed by atoms with Gasteiger partial charge in [0.25, 0.3) is 0 Å². The van der Waals surface area contributed by atoms with E-state index in [9.17, 15) is 43.2 Å². The van der Waals surface area contributed by atoms with Crippen LogP contribution in [0.2, 0.25) is 0 Å². The van der Waals surface area contributed by atoms with Gasteiger partial charge in [0.05, 0.1) is 0 Å². The van der Waals surface area contributed by atoms with Crippen molar-refractivity contribution in [2.24, 2.45) is 0 Å². The Morgan fingerprint density at radius 2 is 0.923 bits per heavy atom. The second kappa shape index (κ2) is 8.27. The van der Waals surface area contributed by atoms with E-state index in [4.69, 9.17) is 0 Å². The maximum absolute atomic E-state index is 12.6. The maximum atomic E-state index is 12.6. The maximum Gasteiger partial charge on any atom is 0.511 e. The molecule has 0 aromatic carbocycles. The Hall–Kier alpha value is -1.12. The van der Waals surface area contributed by atoms with Crippen LogP contribution in [0.25, 0.3) is 0 Å². The number of nitrogens with zero attached hydrogens (tertiary/aromatic N) is 2. The van der Waals surface area contributed by atoms with Crippen LogP contribution in [0.4, 0.5) is 26.3 Å². The monoisotopic (exact) mass is 430 g/mol. The molecule has 0 saturated heterocycles. The Morgan fingerprint density at radius 1 is 0.615 bits per heavy atom. The van der Waals surface area contributed by atoms with E-state index in [2.05, 4.69) is 0 Å². The average Bonchev–Trinajstić information content (AvgIpc) is 2.44. The Bertz CT molecular complexity index is 677. The normalized spacial score (nSPS) is 23.0. The van der Waals surface area contributed by atoms with Crippen LogP contribution >= 0.6 is 0 Å². The number of hydrogen-bond acceptors (Lipinski definition) is 4. The molecule has 0 aliphatic carbocycles. The van der Waals surface area contributed by atoms with E-state index in [1.807, 2.05) is 0 Å². The Labute approximate surface area is 146 Å². The smallest absolute Gasteiger partial charge is 0.203 e. The van der Waals surface area contributed by atoms with Gasteiger partial charge in [0.2, 0.25) is 0 Å². The van der Waals surface area contributed by atoms with Gasteiger partial charge in [-0.2, -0.15) is 35.0 Å². The summed E-state index contributed by atoms with van der Waals surface area (Å²) in [5.41, 5.74) is -10.9. The molecule has 0 atom stereocenters. The molecule has 0 saturated carbocycles.